The first-order valence-electron chi connectivity index (χ1n) is 7.78. The van der Waals surface area contributed by atoms with Crippen LogP contribution in [0.4, 0.5) is 10.1 Å². The van der Waals surface area contributed by atoms with E-state index < -0.39 is 0 Å². The number of carbonyl (C=O) groups excluding carboxylic acids is 1. The van der Waals surface area contributed by atoms with E-state index in [1.54, 1.807) is 11.0 Å². The number of nitrogens with zero attached hydrogens (tertiary/aromatic N) is 3. The van der Waals surface area contributed by atoms with Crippen LogP contribution < -0.4 is 9.64 Å². The number of amides is 1. The summed E-state index contributed by atoms with van der Waals surface area (Å²) < 4.78 is 20.7. The molecule has 1 aliphatic rings. The topological polar surface area (TPSA) is 46.8 Å². The highest BCUT2D eigenvalue weighted by Gasteiger charge is 2.24. The van der Waals surface area contributed by atoms with E-state index in [1.807, 2.05) is 35.9 Å². The fraction of sp³-hybridized carbons (Fsp3) is 0.222. The second kappa shape index (κ2) is 5.63. The van der Waals surface area contributed by atoms with Gasteiger partial charge in [-0.15, -0.1) is 0 Å². The first-order valence-corrected chi connectivity index (χ1v) is 7.78. The molecule has 0 N–H and O–H groups in total. The van der Waals surface area contributed by atoms with Crippen LogP contribution in [0.1, 0.15) is 11.3 Å². The van der Waals surface area contributed by atoms with Gasteiger partial charge in [0.05, 0.1) is 24.3 Å². The van der Waals surface area contributed by atoms with Gasteiger partial charge in [0.1, 0.15) is 23.8 Å². The third-order valence-corrected chi connectivity index (χ3v) is 4.15. The van der Waals surface area contributed by atoms with Crippen molar-refractivity contribution < 1.29 is 13.9 Å². The monoisotopic (exact) mass is 325 g/mol. The summed E-state index contributed by atoms with van der Waals surface area (Å²) in [5.41, 5.74) is 3.23. The maximum absolute atomic E-state index is 13.3. The van der Waals surface area contributed by atoms with Crippen molar-refractivity contribution in [2.45, 2.75) is 13.3 Å². The zero-order valence-corrected chi connectivity index (χ0v) is 13.2. The highest BCUT2D eigenvalue weighted by molar-refractivity contribution is 5.96. The molecule has 2 aromatic heterocycles. The number of aromatic nitrogens is 2. The molecule has 24 heavy (non-hydrogen) atoms. The van der Waals surface area contributed by atoms with Gasteiger partial charge in [-0.05, 0) is 30.7 Å². The maximum Gasteiger partial charge on any atom is 0.233 e. The van der Waals surface area contributed by atoms with Crippen LogP contribution in [0.2, 0.25) is 0 Å². The van der Waals surface area contributed by atoms with Gasteiger partial charge in [-0.3, -0.25) is 4.79 Å². The van der Waals surface area contributed by atoms with Crippen LogP contribution in [0.15, 0.2) is 42.7 Å². The first kappa shape index (κ1) is 14.7. The van der Waals surface area contributed by atoms with Gasteiger partial charge < -0.3 is 14.0 Å². The minimum absolute atomic E-state index is 0.0767. The van der Waals surface area contributed by atoms with Crippen molar-refractivity contribution in [1.29, 1.82) is 0 Å². The van der Waals surface area contributed by atoms with Crippen molar-refractivity contribution in [1.82, 2.24) is 9.38 Å². The number of pyridine rings is 1. The first-order chi connectivity index (χ1) is 11.6. The number of halogens is 1. The molecule has 0 unspecified atom stereocenters. The molecule has 0 saturated carbocycles. The van der Waals surface area contributed by atoms with Crippen LogP contribution in [-0.4, -0.2) is 28.4 Å². The molecule has 6 heteroatoms. The second-order valence-electron chi connectivity index (χ2n) is 5.84. The lowest BCUT2D eigenvalue weighted by molar-refractivity contribution is -0.118. The molecule has 0 spiro atoms. The SMILES string of the molecule is Cc1cccn2cc(CC(=O)N3CCOc4cc(F)ccc43)nc12. The molecular weight excluding hydrogens is 309 g/mol. The molecule has 4 rings (SSSR count). The Labute approximate surface area is 138 Å². The third kappa shape index (κ3) is 2.50. The van der Waals surface area contributed by atoms with Crippen LogP contribution in [-0.2, 0) is 11.2 Å². The van der Waals surface area contributed by atoms with Crippen LogP contribution in [0, 0.1) is 12.7 Å². The van der Waals surface area contributed by atoms with Gasteiger partial charge in [0.15, 0.2) is 0 Å². The van der Waals surface area contributed by atoms with Gasteiger partial charge in [0.2, 0.25) is 5.91 Å². The highest BCUT2D eigenvalue weighted by Crippen LogP contribution is 2.32. The van der Waals surface area contributed by atoms with Crippen molar-refractivity contribution in [3.8, 4) is 5.75 Å². The van der Waals surface area contributed by atoms with Gasteiger partial charge in [-0.25, -0.2) is 9.37 Å². The Kier molecular flexibility index (Phi) is 3.45. The Balaban J connectivity index is 1.61. The molecule has 0 fully saturated rings. The van der Waals surface area contributed by atoms with E-state index in [9.17, 15) is 9.18 Å². The molecule has 5 nitrogen and oxygen atoms in total. The van der Waals surface area contributed by atoms with Crippen LogP contribution >= 0.6 is 0 Å². The number of fused-ring (bicyclic) bond motifs is 2. The normalized spacial score (nSPS) is 13.7. The average Bonchev–Trinajstić information content (AvgIpc) is 2.98. The van der Waals surface area contributed by atoms with E-state index in [-0.39, 0.29) is 18.1 Å². The minimum atomic E-state index is -0.376. The predicted octanol–water partition coefficient (Wildman–Crippen LogP) is 2.75. The summed E-state index contributed by atoms with van der Waals surface area (Å²) in [6, 6.07) is 8.16. The zero-order chi connectivity index (χ0) is 16.7. The van der Waals surface area contributed by atoms with E-state index in [2.05, 4.69) is 4.98 Å². The van der Waals surface area contributed by atoms with E-state index in [4.69, 9.17) is 4.74 Å². The number of anilines is 1. The number of imidazole rings is 1. The van der Waals surface area contributed by atoms with Crippen LogP contribution in [0.3, 0.4) is 0 Å². The lowest BCUT2D eigenvalue weighted by Crippen LogP contribution is -2.39. The van der Waals surface area contributed by atoms with Crippen molar-refractivity contribution in [2.24, 2.45) is 0 Å². The quantitative estimate of drug-likeness (QED) is 0.728. The van der Waals surface area contributed by atoms with E-state index in [0.717, 1.165) is 11.2 Å². The molecular formula is C18H16FN3O2. The van der Waals surface area contributed by atoms with Gasteiger partial charge in [0, 0.05) is 18.5 Å². The highest BCUT2D eigenvalue weighted by atomic mass is 19.1. The van der Waals surface area contributed by atoms with Crippen molar-refractivity contribution in [3.63, 3.8) is 0 Å². The fourth-order valence-corrected chi connectivity index (χ4v) is 2.99. The lowest BCUT2D eigenvalue weighted by atomic mass is 10.2. The molecule has 122 valence electrons. The van der Waals surface area contributed by atoms with Gasteiger partial charge in [-0.2, -0.15) is 0 Å². The molecule has 0 bridgehead atoms. The summed E-state index contributed by atoms with van der Waals surface area (Å²) >= 11 is 0. The summed E-state index contributed by atoms with van der Waals surface area (Å²) in [7, 11) is 0. The number of ether oxygens (including phenoxy) is 1. The maximum atomic E-state index is 13.3. The number of carbonyl (C=O) groups is 1. The Hall–Kier alpha value is -2.89. The molecule has 1 aromatic carbocycles. The zero-order valence-electron chi connectivity index (χ0n) is 13.2. The molecule has 1 amide bonds. The standard InChI is InChI=1S/C18H16FN3O2/c1-12-3-2-6-21-11-14(20-18(12)21)10-17(23)22-7-8-24-16-9-13(19)4-5-15(16)22/h2-6,9,11H,7-8,10H2,1H3. The third-order valence-electron chi connectivity index (χ3n) is 4.15. The second-order valence-corrected chi connectivity index (χ2v) is 5.84. The number of hydrogen-bond acceptors (Lipinski definition) is 3. The lowest BCUT2D eigenvalue weighted by Gasteiger charge is -2.29. The summed E-state index contributed by atoms with van der Waals surface area (Å²) in [5, 5.41) is 0. The predicted molar refractivity (Wildman–Crippen MR) is 87.9 cm³/mol. The number of aryl methyl sites for hydroxylation is 1. The minimum Gasteiger partial charge on any atom is -0.489 e. The Morgan fingerprint density at radius 2 is 2.25 bits per heavy atom. The molecule has 0 saturated heterocycles. The number of hydrogen-bond donors (Lipinski definition) is 0. The van der Waals surface area contributed by atoms with Crippen LogP contribution in [0.5, 0.6) is 5.75 Å². The summed E-state index contributed by atoms with van der Waals surface area (Å²) in [5.74, 6) is -0.0495. The molecule has 3 heterocycles. The molecule has 0 atom stereocenters. The molecule has 1 aliphatic heterocycles. The number of benzene rings is 1. The molecule has 0 radical (unpaired) electrons. The van der Waals surface area contributed by atoms with Gasteiger partial charge in [-0.1, -0.05) is 6.07 Å². The van der Waals surface area contributed by atoms with Crippen molar-refractivity contribution in [2.75, 3.05) is 18.1 Å². The van der Waals surface area contributed by atoms with Crippen molar-refractivity contribution >= 4 is 17.2 Å². The van der Waals surface area contributed by atoms with Crippen molar-refractivity contribution in [3.05, 3.63) is 59.8 Å². The Bertz CT molecular complexity index is 935. The van der Waals surface area contributed by atoms with Crippen LogP contribution in [0.25, 0.3) is 5.65 Å². The fourth-order valence-electron chi connectivity index (χ4n) is 2.99. The van der Waals surface area contributed by atoms with E-state index in [1.165, 1.54) is 12.1 Å². The molecule has 3 aromatic rings. The average molecular weight is 325 g/mol. The summed E-state index contributed by atoms with van der Waals surface area (Å²) in [6.07, 6.45) is 3.97. The van der Waals surface area contributed by atoms with Gasteiger partial charge in [0.25, 0.3) is 0 Å². The summed E-state index contributed by atoms with van der Waals surface area (Å²) in [6.45, 7) is 2.79. The smallest absolute Gasteiger partial charge is 0.233 e. The number of rotatable bonds is 2. The van der Waals surface area contributed by atoms with E-state index in [0.29, 0.717) is 30.3 Å². The van der Waals surface area contributed by atoms with E-state index >= 15 is 0 Å². The van der Waals surface area contributed by atoms with Gasteiger partial charge >= 0.3 is 0 Å². The largest absolute Gasteiger partial charge is 0.489 e. The molecule has 0 aliphatic carbocycles. The Morgan fingerprint density at radius 1 is 1.38 bits per heavy atom. The Morgan fingerprint density at radius 3 is 3.08 bits per heavy atom. The summed E-state index contributed by atoms with van der Waals surface area (Å²) in [4.78, 5) is 18.9.